The summed E-state index contributed by atoms with van der Waals surface area (Å²) < 4.78 is 5.55. The molecular weight excluding hydrogens is 236 g/mol. The number of H-pyrrole nitrogens is 1. The predicted octanol–water partition coefficient (Wildman–Crippen LogP) is 0.253. The second kappa shape index (κ2) is 4.87. The quantitative estimate of drug-likeness (QED) is 0.789. The van der Waals surface area contributed by atoms with Crippen LogP contribution >= 0.6 is 0 Å². The van der Waals surface area contributed by atoms with E-state index in [1.54, 1.807) is 31.2 Å². The van der Waals surface area contributed by atoms with Gasteiger partial charge in [0.05, 0.1) is 17.5 Å². The van der Waals surface area contributed by atoms with Crippen LogP contribution in [0.3, 0.4) is 0 Å². The molecule has 6 heteroatoms. The maximum atomic E-state index is 12.0. The molecule has 1 aromatic heterocycles. The molecule has 1 N–H and O–H groups in total. The normalized spacial score (nSPS) is 10.5. The van der Waals surface area contributed by atoms with Gasteiger partial charge in [0.15, 0.2) is 0 Å². The standard InChI is InChI=1S/C12H12N2O4/c1-2-18-10(15)7-14-11(16)8-5-3-4-6-9(8)13-12(14)17/h3-6H,2,7H2,1H3,(H,13,17). The molecule has 0 bridgehead atoms. The van der Waals surface area contributed by atoms with Gasteiger partial charge < -0.3 is 9.72 Å². The molecule has 0 radical (unpaired) electrons. The number of nitrogens with zero attached hydrogens (tertiary/aromatic N) is 1. The Morgan fingerprint density at radius 1 is 1.33 bits per heavy atom. The van der Waals surface area contributed by atoms with Crippen molar-refractivity contribution >= 4 is 16.9 Å². The van der Waals surface area contributed by atoms with Crippen LogP contribution in [-0.4, -0.2) is 22.1 Å². The molecule has 1 heterocycles. The van der Waals surface area contributed by atoms with E-state index in [2.05, 4.69) is 4.98 Å². The molecule has 0 aliphatic carbocycles. The molecule has 1 aromatic carbocycles. The highest BCUT2D eigenvalue weighted by molar-refractivity contribution is 5.77. The van der Waals surface area contributed by atoms with Gasteiger partial charge in [0.1, 0.15) is 6.54 Å². The lowest BCUT2D eigenvalue weighted by Gasteiger charge is -2.05. The predicted molar refractivity (Wildman–Crippen MR) is 65.5 cm³/mol. The third kappa shape index (κ3) is 2.17. The van der Waals surface area contributed by atoms with E-state index in [0.717, 1.165) is 4.57 Å². The highest BCUT2D eigenvalue weighted by Crippen LogP contribution is 2.02. The van der Waals surface area contributed by atoms with E-state index in [4.69, 9.17) is 4.74 Å². The Hall–Kier alpha value is -2.37. The Kier molecular flexibility index (Phi) is 3.27. The lowest BCUT2D eigenvalue weighted by Crippen LogP contribution is -2.37. The minimum atomic E-state index is -0.619. The van der Waals surface area contributed by atoms with Crippen molar-refractivity contribution in [1.29, 1.82) is 0 Å². The lowest BCUT2D eigenvalue weighted by molar-refractivity contribution is -0.143. The zero-order valence-electron chi connectivity index (χ0n) is 9.80. The molecule has 0 saturated carbocycles. The fourth-order valence-corrected chi connectivity index (χ4v) is 1.68. The second-order valence-corrected chi connectivity index (χ2v) is 3.67. The van der Waals surface area contributed by atoms with E-state index in [1.165, 1.54) is 0 Å². The third-order valence-corrected chi connectivity index (χ3v) is 2.48. The second-order valence-electron chi connectivity index (χ2n) is 3.67. The summed E-state index contributed by atoms with van der Waals surface area (Å²) in [6.45, 7) is 1.48. The number of hydrogen-bond donors (Lipinski definition) is 1. The number of carbonyl (C=O) groups is 1. The van der Waals surface area contributed by atoms with Gasteiger partial charge in [-0.3, -0.25) is 9.59 Å². The monoisotopic (exact) mass is 248 g/mol. The van der Waals surface area contributed by atoms with Crippen molar-refractivity contribution in [3.63, 3.8) is 0 Å². The molecule has 0 spiro atoms. The first-order chi connectivity index (χ1) is 8.63. The zero-order valence-corrected chi connectivity index (χ0v) is 9.80. The molecule has 0 aliphatic heterocycles. The number of nitrogens with one attached hydrogen (secondary N) is 1. The van der Waals surface area contributed by atoms with Gasteiger partial charge >= 0.3 is 11.7 Å². The van der Waals surface area contributed by atoms with E-state index in [1.807, 2.05) is 0 Å². The van der Waals surface area contributed by atoms with Crippen LogP contribution in [-0.2, 0) is 16.1 Å². The Balaban J connectivity index is 2.55. The van der Waals surface area contributed by atoms with Crippen LogP contribution < -0.4 is 11.2 Å². The number of para-hydroxylation sites is 1. The summed E-state index contributed by atoms with van der Waals surface area (Å²) >= 11 is 0. The third-order valence-electron chi connectivity index (χ3n) is 2.48. The number of carbonyl (C=O) groups excluding carboxylic acids is 1. The average molecular weight is 248 g/mol. The molecular formula is C12H12N2O4. The smallest absolute Gasteiger partial charge is 0.329 e. The summed E-state index contributed by atoms with van der Waals surface area (Å²) in [6, 6.07) is 6.63. The zero-order chi connectivity index (χ0) is 13.1. The maximum Gasteiger partial charge on any atom is 0.329 e. The first-order valence-electron chi connectivity index (χ1n) is 5.51. The van der Waals surface area contributed by atoms with Crippen molar-refractivity contribution in [2.45, 2.75) is 13.5 Å². The van der Waals surface area contributed by atoms with E-state index in [0.29, 0.717) is 10.9 Å². The Bertz CT molecular complexity index is 699. The SMILES string of the molecule is CCOC(=O)Cn1c(=O)[nH]c2ccccc2c1=O. The minimum absolute atomic E-state index is 0.207. The lowest BCUT2D eigenvalue weighted by atomic mass is 10.2. The fourth-order valence-electron chi connectivity index (χ4n) is 1.68. The number of hydrogen-bond acceptors (Lipinski definition) is 4. The highest BCUT2D eigenvalue weighted by Gasteiger charge is 2.11. The summed E-state index contributed by atoms with van der Waals surface area (Å²) in [7, 11) is 0. The molecule has 0 atom stereocenters. The summed E-state index contributed by atoms with van der Waals surface area (Å²) in [5.74, 6) is -0.611. The number of aromatic nitrogens is 2. The Labute approximate surface area is 102 Å². The minimum Gasteiger partial charge on any atom is -0.465 e. The molecule has 0 amide bonds. The molecule has 2 rings (SSSR count). The number of aromatic amines is 1. The summed E-state index contributed by atoms with van der Waals surface area (Å²) in [5.41, 5.74) is -0.665. The van der Waals surface area contributed by atoms with Crippen LogP contribution in [0.5, 0.6) is 0 Å². The van der Waals surface area contributed by atoms with Crippen molar-refractivity contribution < 1.29 is 9.53 Å². The van der Waals surface area contributed by atoms with Gasteiger partial charge in [-0.1, -0.05) is 12.1 Å². The molecule has 0 unspecified atom stereocenters. The Morgan fingerprint density at radius 2 is 2.06 bits per heavy atom. The maximum absolute atomic E-state index is 12.0. The first-order valence-corrected chi connectivity index (χ1v) is 5.51. The van der Waals surface area contributed by atoms with Crippen molar-refractivity contribution in [3.8, 4) is 0 Å². The van der Waals surface area contributed by atoms with Crippen LogP contribution in [0.15, 0.2) is 33.9 Å². The van der Waals surface area contributed by atoms with Gasteiger partial charge in [-0.2, -0.15) is 0 Å². The Morgan fingerprint density at radius 3 is 2.78 bits per heavy atom. The summed E-state index contributed by atoms with van der Waals surface area (Å²) in [6.07, 6.45) is 0. The van der Waals surface area contributed by atoms with Gasteiger partial charge in [0, 0.05) is 0 Å². The number of rotatable bonds is 3. The van der Waals surface area contributed by atoms with Gasteiger partial charge in [-0.25, -0.2) is 9.36 Å². The van der Waals surface area contributed by atoms with E-state index in [-0.39, 0.29) is 13.2 Å². The fraction of sp³-hybridized carbons (Fsp3) is 0.250. The van der Waals surface area contributed by atoms with Crippen LogP contribution in [0.1, 0.15) is 6.92 Å². The molecule has 0 fully saturated rings. The average Bonchev–Trinajstić information content (AvgIpc) is 2.35. The van der Waals surface area contributed by atoms with Crippen LogP contribution in [0.25, 0.3) is 10.9 Å². The molecule has 0 saturated heterocycles. The largest absolute Gasteiger partial charge is 0.465 e. The molecule has 2 aromatic rings. The van der Waals surface area contributed by atoms with Crippen LogP contribution in [0, 0.1) is 0 Å². The van der Waals surface area contributed by atoms with E-state index in [9.17, 15) is 14.4 Å². The van der Waals surface area contributed by atoms with Crippen molar-refractivity contribution in [3.05, 3.63) is 45.1 Å². The van der Waals surface area contributed by atoms with Crippen LogP contribution in [0.2, 0.25) is 0 Å². The summed E-state index contributed by atoms with van der Waals surface area (Å²) in [4.78, 5) is 37.6. The van der Waals surface area contributed by atoms with E-state index < -0.39 is 17.2 Å². The topological polar surface area (TPSA) is 81.2 Å². The first kappa shape index (κ1) is 12.1. The van der Waals surface area contributed by atoms with Crippen molar-refractivity contribution in [2.75, 3.05) is 6.61 Å². The van der Waals surface area contributed by atoms with Gasteiger partial charge in [-0.05, 0) is 19.1 Å². The van der Waals surface area contributed by atoms with Gasteiger partial charge in [0.2, 0.25) is 0 Å². The van der Waals surface area contributed by atoms with Crippen molar-refractivity contribution in [2.24, 2.45) is 0 Å². The summed E-state index contributed by atoms with van der Waals surface area (Å²) in [5, 5.41) is 0.362. The molecule has 94 valence electrons. The van der Waals surface area contributed by atoms with E-state index >= 15 is 0 Å². The van der Waals surface area contributed by atoms with Gasteiger partial charge in [-0.15, -0.1) is 0 Å². The number of benzene rings is 1. The van der Waals surface area contributed by atoms with Gasteiger partial charge in [0.25, 0.3) is 5.56 Å². The molecule has 18 heavy (non-hydrogen) atoms. The number of fused-ring (bicyclic) bond motifs is 1. The molecule has 0 aliphatic rings. The van der Waals surface area contributed by atoms with Crippen LogP contribution in [0.4, 0.5) is 0 Å². The molecule has 6 nitrogen and oxygen atoms in total. The van der Waals surface area contributed by atoms with Crippen molar-refractivity contribution in [1.82, 2.24) is 9.55 Å². The number of esters is 1. The highest BCUT2D eigenvalue weighted by atomic mass is 16.5. The number of ether oxygens (including phenoxy) is 1.